The average molecular weight is 385 g/mol. The lowest BCUT2D eigenvalue weighted by Crippen LogP contribution is -2.28. The van der Waals surface area contributed by atoms with E-state index in [-0.39, 0.29) is 39.1 Å². The first-order valence-corrected chi connectivity index (χ1v) is 10.4. The van der Waals surface area contributed by atoms with E-state index >= 15 is 0 Å². The minimum atomic E-state index is -4.56. The molecule has 2 aliphatic carbocycles. The molecule has 2 aliphatic rings. The lowest BCUT2D eigenvalue weighted by atomic mass is 9.83. The van der Waals surface area contributed by atoms with Crippen LogP contribution in [-0.4, -0.2) is 30.6 Å². The second-order valence-electron chi connectivity index (χ2n) is 7.02. The Morgan fingerprint density at radius 3 is 2.11 bits per heavy atom. The first-order chi connectivity index (χ1) is 12.9. The lowest BCUT2D eigenvalue weighted by molar-refractivity contribution is 0.0979. The number of hydrogen-bond donors (Lipinski definition) is 2. The van der Waals surface area contributed by atoms with Gasteiger partial charge in [-0.15, -0.1) is 0 Å². The van der Waals surface area contributed by atoms with Gasteiger partial charge in [0.15, 0.2) is 11.6 Å². The second kappa shape index (κ2) is 6.58. The number of rotatable bonds is 3. The van der Waals surface area contributed by atoms with Gasteiger partial charge in [-0.2, -0.15) is 8.42 Å². The summed E-state index contributed by atoms with van der Waals surface area (Å²) in [6.07, 6.45) is 4.80. The normalized spacial score (nSPS) is 17.4. The topological polar surface area (TPSA) is 101 Å². The van der Waals surface area contributed by atoms with Crippen molar-refractivity contribution in [3.05, 3.63) is 58.7 Å². The minimum absolute atomic E-state index is 0.00850. The minimum Gasteiger partial charge on any atom is -0.381 e. The van der Waals surface area contributed by atoms with Crippen molar-refractivity contribution >= 4 is 27.4 Å². The molecular weight excluding hydrogens is 366 g/mol. The van der Waals surface area contributed by atoms with Crippen molar-refractivity contribution in [1.82, 2.24) is 0 Å². The van der Waals surface area contributed by atoms with Gasteiger partial charge in [-0.1, -0.05) is 43.5 Å². The molecule has 140 valence electrons. The number of carbonyl (C=O) groups excluding carboxylic acids is 2. The van der Waals surface area contributed by atoms with Gasteiger partial charge in [0.05, 0.1) is 11.3 Å². The van der Waals surface area contributed by atoms with Crippen LogP contribution in [0.25, 0.3) is 0 Å². The maximum absolute atomic E-state index is 13.1. The molecule has 2 aromatic rings. The van der Waals surface area contributed by atoms with Gasteiger partial charge in [-0.05, 0) is 25.0 Å². The number of carbonyl (C=O) groups is 2. The summed E-state index contributed by atoms with van der Waals surface area (Å²) in [5.74, 6) is -0.738. The number of hydrogen-bond acceptors (Lipinski definition) is 5. The van der Waals surface area contributed by atoms with Crippen molar-refractivity contribution < 1.29 is 22.6 Å². The Labute approximate surface area is 157 Å². The van der Waals surface area contributed by atoms with E-state index in [0.717, 1.165) is 32.1 Å². The molecule has 0 heterocycles. The molecule has 0 saturated heterocycles. The summed E-state index contributed by atoms with van der Waals surface area (Å²) in [6, 6.07) is 8.98. The fourth-order valence-electron chi connectivity index (χ4n) is 3.98. The van der Waals surface area contributed by atoms with Gasteiger partial charge < -0.3 is 5.32 Å². The van der Waals surface area contributed by atoms with Gasteiger partial charge in [-0.3, -0.25) is 14.1 Å². The zero-order valence-corrected chi connectivity index (χ0v) is 15.4. The Bertz CT molecular complexity index is 1050. The van der Waals surface area contributed by atoms with Gasteiger partial charge in [0.2, 0.25) is 0 Å². The Kier molecular flexibility index (Phi) is 4.36. The predicted octanol–water partition coefficient (Wildman–Crippen LogP) is 3.45. The van der Waals surface area contributed by atoms with Gasteiger partial charge in [0.25, 0.3) is 10.1 Å². The molecule has 1 saturated carbocycles. The third-order valence-electron chi connectivity index (χ3n) is 5.29. The molecule has 0 aromatic heterocycles. The molecule has 0 unspecified atom stereocenters. The van der Waals surface area contributed by atoms with E-state index in [0.29, 0.717) is 5.56 Å². The summed E-state index contributed by atoms with van der Waals surface area (Å²) < 4.78 is 33.6. The third-order valence-corrected chi connectivity index (χ3v) is 6.18. The molecule has 4 rings (SSSR count). The first-order valence-electron chi connectivity index (χ1n) is 8.97. The molecule has 7 heteroatoms. The molecule has 6 nitrogen and oxygen atoms in total. The van der Waals surface area contributed by atoms with Crippen LogP contribution >= 0.6 is 0 Å². The molecule has 0 amide bonds. The highest BCUT2D eigenvalue weighted by atomic mass is 32.2. The zero-order chi connectivity index (χ0) is 19.2. The van der Waals surface area contributed by atoms with E-state index in [2.05, 4.69) is 5.32 Å². The highest BCUT2D eigenvalue weighted by Gasteiger charge is 2.35. The molecule has 0 aliphatic heterocycles. The zero-order valence-electron chi connectivity index (χ0n) is 14.6. The van der Waals surface area contributed by atoms with Crippen molar-refractivity contribution in [1.29, 1.82) is 0 Å². The van der Waals surface area contributed by atoms with Crippen molar-refractivity contribution in [3.8, 4) is 0 Å². The van der Waals surface area contributed by atoms with Crippen LogP contribution in [-0.2, 0) is 10.1 Å². The Balaban J connectivity index is 1.92. The summed E-state index contributed by atoms with van der Waals surface area (Å²) in [4.78, 5) is 25.6. The van der Waals surface area contributed by atoms with Gasteiger partial charge >= 0.3 is 0 Å². The van der Waals surface area contributed by atoms with Crippen molar-refractivity contribution in [3.63, 3.8) is 0 Å². The van der Waals surface area contributed by atoms with Gasteiger partial charge in [0, 0.05) is 22.7 Å². The Morgan fingerprint density at radius 2 is 1.48 bits per heavy atom. The fourth-order valence-corrected chi connectivity index (χ4v) is 4.64. The van der Waals surface area contributed by atoms with Crippen molar-refractivity contribution in [2.24, 2.45) is 0 Å². The Morgan fingerprint density at radius 1 is 0.852 bits per heavy atom. The maximum Gasteiger partial charge on any atom is 0.296 e. The lowest BCUT2D eigenvalue weighted by Gasteiger charge is -2.28. The summed E-state index contributed by atoms with van der Waals surface area (Å²) >= 11 is 0. The molecule has 27 heavy (non-hydrogen) atoms. The summed E-state index contributed by atoms with van der Waals surface area (Å²) in [6.45, 7) is 0. The van der Waals surface area contributed by atoms with E-state index in [1.54, 1.807) is 24.3 Å². The summed E-state index contributed by atoms with van der Waals surface area (Å²) in [7, 11) is -4.56. The summed E-state index contributed by atoms with van der Waals surface area (Å²) in [5, 5.41) is 3.15. The number of ketones is 2. The van der Waals surface area contributed by atoms with Crippen molar-refractivity contribution in [2.75, 3.05) is 5.32 Å². The smallest absolute Gasteiger partial charge is 0.296 e. The van der Waals surface area contributed by atoms with Gasteiger partial charge in [-0.25, -0.2) is 0 Å². The highest BCUT2D eigenvalue weighted by Crippen LogP contribution is 2.37. The van der Waals surface area contributed by atoms with E-state index in [1.807, 2.05) is 0 Å². The monoisotopic (exact) mass is 385 g/mol. The van der Waals surface area contributed by atoms with E-state index < -0.39 is 15.9 Å². The fraction of sp³-hybridized carbons (Fsp3) is 0.300. The van der Waals surface area contributed by atoms with E-state index in [9.17, 15) is 22.6 Å². The van der Waals surface area contributed by atoms with Crippen molar-refractivity contribution in [2.45, 2.75) is 43.0 Å². The number of benzene rings is 2. The molecule has 0 bridgehead atoms. The van der Waals surface area contributed by atoms with Crippen LogP contribution in [0, 0.1) is 0 Å². The van der Waals surface area contributed by atoms with Gasteiger partial charge in [0.1, 0.15) is 4.90 Å². The van der Waals surface area contributed by atoms with Crippen LogP contribution < -0.4 is 5.32 Å². The molecular formula is C20H19NO5S. The largest absolute Gasteiger partial charge is 0.381 e. The molecule has 0 spiro atoms. The molecule has 0 radical (unpaired) electrons. The van der Waals surface area contributed by atoms with Crippen LogP contribution in [0.5, 0.6) is 0 Å². The van der Waals surface area contributed by atoms with Crippen LogP contribution in [0.1, 0.15) is 63.9 Å². The van der Waals surface area contributed by atoms with Crippen LogP contribution in [0.15, 0.2) is 41.3 Å². The quantitative estimate of drug-likeness (QED) is 0.670. The number of nitrogens with one attached hydrogen (secondary N) is 1. The van der Waals surface area contributed by atoms with Crippen LogP contribution in [0.4, 0.5) is 5.69 Å². The van der Waals surface area contributed by atoms with Crippen LogP contribution in [0.2, 0.25) is 0 Å². The predicted molar refractivity (Wildman–Crippen MR) is 100 cm³/mol. The molecule has 2 aromatic carbocycles. The van der Waals surface area contributed by atoms with E-state index in [4.69, 9.17) is 0 Å². The highest BCUT2D eigenvalue weighted by molar-refractivity contribution is 7.86. The summed E-state index contributed by atoms with van der Waals surface area (Å²) in [5.41, 5.74) is 0.769. The number of fused-ring (bicyclic) bond motifs is 2. The molecule has 1 fully saturated rings. The first kappa shape index (κ1) is 17.9. The molecule has 0 atom stereocenters. The second-order valence-corrected chi connectivity index (χ2v) is 8.41. The van der Waals surface area contributed by atoms with Crippen LogP contribution in [0.3, 0.4) is 0 Å². The Hall–Kier alpha value is -2.51. The SMILES string of the molecule is O=C1c2ccccc2C(=O)c2c1ccc(S(=O)(=O)O)c2NC1CCCCC1. The van der Waals surface area contributed by atoms with E-state index in [1.165, 1.54) is 12.1 Å². The number of anilines is 1. The standard InChI is InChI=1S/C20H19NO5S/c22-19-13-8-4-5-9-14(13)20(23)17-15(19)10-11-16(27(24,25)26)18(17)21-12-6-2-1-3-7-12/h4-5,8-12,21H,1-3,6-7H2,(H,24,25,26). The molecule has 2 N–H and O–H groups in total. The third kappa shape index (κ3) is 3.07. The maximum atomic E-state index is 13.1. The average Bonchev–Trinajstić information content (AvgIpc) is 2.66.